The summed E-state index contributed by atoms with van der Waals surface area (Å²) in [4.78, 5) is 11.5. The van der Waals surface area contributed by atoms with Gasteiger partial charge < -0.3 is 5.32 Å². The monoisotopic (exact) mass is 171 g/mol. The lowest BCUT2D eigenvalue weighted by atomic mass is 10.0. The minimum Gasteiger partial charge on any atom is -0.306 e. The average molecular weight is 171 g/mol. The fraction of sp³-hybridized carbons (Fsp3) is 0.875. The van der Waals surface area contributed by atoms with Gasteiger partial charge in [-0.1, -0.05) is 6.92 Å². The van der Waals surface area contributed by atoms with Crippen LogP contribution in [-0.4, -0.2) is 37.6 Å². The molecule has 1 heterocycles. The molecule has 0 aliphatic carbocycles. The Bertz CT molecular complexity index is 170. The largest absolute Gasteiger partial charge is 0.306 e. The first-order chi connectivity index (χ1) is 5.61. The molecular formula is C8H17N3O. The molecule has 0 spiro atoms. The van der Waals surface area contributed by atoms with Crippen LogP contribution < -0.4 is 10.7 Å². The van der Waals surface area contributed by atoms with Crippen LogP contribution in [-0.2, 0) is 4.79 Å². The van der Waals surface area contributed by atoms with E-state index in [9.17, 15) is 4.79 Å². The van der Waals surface area contributed by atoms with Crippen molar-refractivity contribution in [2.24, 2.45) is 5.92 Å². The number of carbonyl (C=O) groups is 1. The maximum Gasteiger partial charge on any atom is 0.251 e. The van der Waals surface area contributed by atoms with Crippen molar-refractivity contribution in [3.05, 3.63) is 0 Å². The van der Waals surface area contributed by atoms with E-state index in [2.05, 4.69) is 17.7 Å². The first-order valence-corrected chi connectivity index (χ1v) is 4.32. The van der Waals surface area contributed by atoms with Gasteiger partial charge in [-0.25, -0.2) is 5.01 Å². The molecule has 1 aliphatic heterocycles. The molecule has 0 saturated carbocycles. The first-order valence-electron chi connectivity index (χ1n) is 4.32. The Labute approximate surface area is 73.3 Å². The fourth-order valence-corrected chi connectivity index (χ4v) is 1.48. The number of amides is 1. The first kappa shape index (κ1) is 9.48. The van der Waals surface area contributed by atoms with Gasteiger partial charge >= 0.3 is 0 Å². The van der Waals surface area contributed by atoms with Crippen LogP contribution in [0.3, 0.4) is 0 Å². The third kappa shape index (κ3) is 2.19. The summed E-state index contributed by atoms with van der Waals surface area (Å²) >= 11 is 0. The van der Waals surface area contributed by atoms with Crippen molar-refractivity contribution in [1.82, 2.24) is 15.8 Å². The molecule has 2 atom stereocenters. The standard InChI is InChI=1S/C8H17N3O/c1-6-4-5-9-7(6)8(12)10-11(2)3/h6-7,9H,4-5H2,1-3H3,(H,10,12). The second-order valence-electron chi connectivity index (χ2n) is 3.57. The van der Waals surface area contributed by atoms with Crippen LogP contribution in [0.1, 0.15) is 13.3 Å². The molecule has 0 aromatic heterocycles. The molecule has 0 bridgehead atoms. The van der Waals surface area contributed by atoms with Gasteiger partial charge in [0.25, 0.3) is 5.91 Å². The highest BCUT2D eigenvalue weighted by atomic mass is 16.2. The van der Waals surface area contributed by atoms with E-state index in [-0.39, 0.29) is 11.9 Å². The molecule has 0 aromatic rings. The zero-order chi connectivity index (χ0) is 9.14. The van der Waals surface area contributed by atoms with Gasteiger partial charge in [0.1, 0.15) is 0 Å². The van der Waals surface area contributed by atoms with Gasteiger partial charge in [-0.05, 0) is 18.9 Å². The minimum atomic E-state index is -0.00704. The van der Waals surface area contributed by atoms with E-state index >= 15 is 0 Å². The van der Waals surface area contributed by atoms with E-state index in [1.54, 1.807) is 5.01 Å². The zero-order valence-electron chi connectivity index (χ0n) is 7.92. The minimum absolute atomic E-state index is 0.00704. The van der Waals surface area contributed by atoms with E-state index in [0.29, 0.717) is 5.92 Å². The maximum absolute atomic E-state index is 11.5. The predicted octanol–water partition coefficient (Wildman–Crippen LogP) is -0.423. The molecule has 1 amide bonds. The summed E-state index contributed by atoms with van der Waals surface area (Å²) in [6.07, 6.45) is 1.09. The molecule has 2 N–H and O–H groups in total. The Balaban J connectivity index is 2.41. The van der Waals surface area contributed by atoms with Crippen molar-refractivity contribution in [1.29, 1.82) is 0 Å². The molecule has 70 valence electrons. The summed E-state index contributed by atoms with van der Waals surface area (Å²) in [6.45, 7) is 3.05. The Morgan fingerprint density at radius 3 is 2.67 bits per heavy atom. The van der Waals surface area contributed by atoms with Crippen LogP contribution in [0.2, 0.25) is 0 Å². The van der Waals surface area contributed by atoms with Crippen LogP contribution in [0.15, 0.2) is 0 Å². The summed E-state index contributed by atoms with van der Waals surface area (Å²) in [5.41, 5.74) is 2.75. The van der Waals surface area contributed by atoms with Crippen LogP contribution in [0.5, 0.6) is 0 Å². The SMILES string of the molecule is CC1CCNC1C(=O)NN(C)C. The number of hydrogen-bond acceptors (Lipinski definition) is 3. The van der Waals surface area contributed by atoms with Gasteiger partial charge in [0.2, 0.25) is 0 Å². The van der Waals surface area contributed by atoms with Gasteiger partial charge in [0.05, 0.1) is 6.04 Å². The summed E-state index contributed by atoms with van der Waals surface area (Å²) in [5.74, 6) is 0.523. The van der Waals surface area contributed by atoms with E-state index < -0.39 is 0 Å². The molecular weight excluding hydrogens is 154 g/mol. The zero-order valence-corrected chi connectivity index (χ0v) is 7.92. The highest BCUT2D eigenvalue weighted by Gasteiger charge is 2.29. The average Bonchev–Trinajstić information content (AvgIpc) is 2.33. The van der Waals surface area contributed by atoms with E-state index in [4.69, 9.17) is 0 Å². The highest BCUT2D eigenvalue weighted by molar-refractivity contribution is 5.81. The lowest BCUT2D eigenvalue weighted by Crippen LogP contribution is -2.48. The molecule has 1 saturated heterocycles. The summed E-state index contributed by atoms with van der Waals surface area (Å²) < 4.78 is 0. The Hall–Kier alpha value is -0.610. The third-order valence-corrected chi connectivity index (χ3v) is 2.15. The van der Waals surface area contributed by atoms with Crippen molar-refractivity contribution in [2.75, 3.05) is 20.6 Å². The second kappa shape index (κ2) is 3.87. The number of nitrogens with one attached hydrogen (secondary N) is 2. The van der Waals surface area contributed by atoms with Crippen LogP contribution in [0.25, 0.3) is 0 Å². The smallest absolute Gasteiger partial charge is 0.251 e. The number of nitrogens with zero attached hydrogens (tertiary/aromatic N) is 1. The number of hydrazine groups is 1. The summed E-state index contributed by atoms with van der Waals surface area (Å²) in [7, 11) is 3.63. The number of carbonyl (C=O) groups excluding carboxylic acids is 1. The summed E-state index contributed by atoms with van der Waals surface area (Å²) in [6, 6.07) is -0.00704. The normalized spacial score (nSPS) is 29.3. The quantitative estimate of drug-likeness (QED) is 0.554. The summed E-state index contributed by atoms with van der Waals surface area (Å²) in [5, 5.41) is 4.85. The Morgan fingerprint density at radius 1 is 1.58 bits per heavy atom. The lowest BCUT2D eigenvalue weighted by molar-refractivity contribution is -0.127. The topological polar surface area (TPSA) is 44.4 Å². The molecule has 1 rings (SSSR count). The van der Waals surface area contributed by atoms with Crippen molar-refractivity contribution in [3.63, 3.8) is 0 Å². The molecule has 12 heavy (non-hydrogen) atoms. The molecule has 2 unspecified atom stereocenters. The molecule has 1 aliphatic rings. The lowest BCUT2D eigenvalue weighted by Gasteiger charge is -2.18. The molecule has 4 heteroatoms. The van der Waals surface area contributed by atoms with E-state index in [1.165, 1.54) is 0 Å². The molecule has 0 aromatic carbocycles. The van der Waals surface area contributed by atoms with Gasteiger partial charge in [-0.2, -0.15) is 0 Å². The highest BCUT2D eigenvalue weighted by Crippen LogP contribution is 2.13. The van der Waals surface area contributed by atoms with Gasteiger partial charge in [0.15, 0.2) is 0 Å². The third-order valence-electron chi connectivity index (χ3n) is 2.15. The van der Waals surface area contributed by atoms with Gasteiger partial charge in [-0.15, -0.1) is 0 Å². The molecule has 4 nitrogen and oxygen atoms in total. The van der Waals surface area contributed by atoms with Crippen molar-refractivity contribution in [3.8, 4) is 0 Å². The van der Waals surface area contributed by atoms with Crippen molar-refractivity contribution in [2.45, 2.75) is 19.4 Å². The van der Waals surface area contributed by atoms with Crippen molar-refractivity contribution >= 4 is 5.91 Å². The molecule has 1 fully saturated rings. The number of rotatable bonds is 2. The van der Waals surface area contributed by atoms with Crippen LogP contribution in [0, 0.1) is 5.92 Å². The number of hydrogen-bond donors (Lipinski definition) is 2. The van der Waals surface area contributed by atoms with Gasteiger partial charge in [0, 0.05) is 14.1 Å². The fourth-order valence-electron chi connectivity index (χ4n) is 1.48. The second-order valence-corrected chi connectivity index (χ2v) is 3.57. The van der Waals surface area contributed by atoms with Crippen LogP contribution >= 0.6 is 0 Å². The van der Waals surface area contributed by atoms with Crippen molar-refractivity contribution < 1.29 is 4.79 Å². The van der Waals surface area contributed by atoms with E-state index in [1.807, 2.05) is 14.1 Å². The molecule has 0 radical (unpaired) electrons. The van der Waals surface area contributed by atoms with Crippen LogP contribution in [0.4, 0.5) is 0 Å². The van der Waals surface area contributed by atoms with Gasteiger partial charge in [-0.3, -0.25) is 10.2 Å². The van der Waals surface area contributed by atoms with E-state index in [0.717, 1.165) is 13.0 Å². The maximum atomic E-state index is 11.5. The Kier molecular flexibility index (Phi) is 3.05. The Morgan fingerprint density at radius 2 is 2.25 bits per heavy atom. The predicted molar refractivity (Wildman–Crippen MR) is 47.4 cm³/mol.